The zero-order valence-electron chi connectivity index (χ0n) is 12.5. The predicted octanol–water partition coefficient (Wildman–Crippen LogP) is 1.42. The van der Waals surface area contributed by atoms with Crippen LogP contribution in [0.4, 0.5) is 0 Å². The van der Waals surface area contributed by atoms with Crippen molar-refractivity contribution in [3.63, 3.8) is 0 Å². The Hall–Kier alpha value is -1.59. The minimum Gasteiger partial charge on any atom is -0.508 e. The monoisotopic (exact) mass is 292 g/mol. The fraction of sp³-hybridized carbons (Fsp3) is 0.562. The zero-order chi connectivity index (χ0) is 15.2. The van der Waals surface area contributed by atoms with E-state index in [1.54, 1.807) is 31.2 Å². The van der Waals surface area contributed by atoms with Crippen LogP contribution in [0.1, 0.15) is 37.9 Å². The van der Waals surface area contributed by atoms with Crippen LogP contribution in [0.25, 0.3) is 0 Å². The molecule has 0 radical (unpaired) electrons. The molecular weight excluding hydrogens is 268 g/mol. The highest BCUT2D eigenvalue weighted by molar-refractivity contribution is 5.76. The number of nitrogens with one attached hydrogen (secondary N) is 1. The molecule has 0 saturated carbocycles. The number of aliphatic hydroxyl groups excluding tert-OH is 1. The number of rotatable bonds is 6. The number of benzene rings is 1. The van der Waals surface area contributed by atoms with Crippen LogP contribution in [0.2, 0.25) is 0 Å². The Morgan fingerprint density at radius 1 is 1.29 bits per heavy atom. The van der Waals surface area contributed by atoms with Gasteiger partial charge in [0.1, 0.15) is 11.9 Å². The molecule has 0 spiro atoms. The number of carbonyl (C=O) groups is 1. The first-order valence-corrected chi connectivity index (χ1v) is 7.59. The summed E-state index contributed by atoms with van der Waals surface area (Å²) in [6, 6.07) is 6.14. The maximum Gasteiger partial charge on any atom is 0.220 e. The molecule has 3 N–H and O–H groups in total. The van der Waals surface area contributed by atoms with Crippen molar-refractivity contribution in [1.82, 2.24) is 10.2 Å². The van der Waals surface area contributed by atoms with Gasteiger partial charge >= 0.3 is 0 Å². The molecule has 1 saturated heterocycles. The Labute approximate surface area is 125 Å². The Kier molecular flexibility index (Phi) is 5.59. The molecule has 5 nitrogen and oxygen atoms in total. The molecule has 116 valence electrons. The summed E-state index contributed by atoms with van der Waals surface area (Å²) in [4.78, 5) is 14.0. The summed E-state index contributed by atoms with van der Waals surface area (Å²) in [5.74, 6) is 0.108. The second-order valence-corrected chi connectivity index (χ2v) is 5.57. The molecule has 0 bridgehead atoms. The molecular formula is C16H24N2O3. The number of likely N-dealkylation sites (tertiary alicyclic amines) is 1. The molecule has 1 aliphatic heterocycles. The second-order valence-electron chi connectivity index (χ2n) is 5.57. The Bertz CT molecular complexity index is 455. The molecule has 0 aliphatic carbocycles. The number of carbonyl (C=O) groups excluding carboxylic acids is 1. The third kappa shape index (κ3) is 4.44. The second kappa shape index (κ2) is 7.43. The highest BCUT2D eigenvalue weighted by Gasteiger charge is 2.26. The topological polar surface area (TPSA) is 72.8 Å². The lowest BCUT2D eigenvalue weighted by molar-refractivity contribution is -0.122. The van der Waals surface area contributed by atoms with Crippen LogP contribution < -0.4 is 5.32 Å². The molecule has 1 fully saturated rings. The van der Waals surface area contributed by atoms with E-state index < -0.39 is 6.10 Å². The lowest BCUT2D eigenvalue weighted by Gasteiger charge is -2.28. The Morgan fingerprint density at radius 3 is 2.48 bits per heavy atom. The number of phenolic OH excluding ortho intramolecular Hbond substituents is 1. The molecule has 1 aliphatic rings. The van der Waals surface area contributed by atoms with Gasteiger partial charge in [0.15, 0.2) is 0 Å². The standard InChI is InChI=1S/C16H24N2O3/c1-2-15(20)17-14(11-18-9-3-4-10-18)16(21)12-5-7-13(19)8-6-12/h5-8,14,16,19,21H,2-4,9-11H2,1H3,(H,17,20). The van der Waals surface area contributed by atoms with Crippen molar-refractivity contribution in [2.45, 2.75) is 38.3 Å². The van der Waals surface area contributed by atoms with E-state index in [1.165, 1.54) is 12.8 Å². The maximum atomic E-state index is 11.7. The molecule has 1 aromatic rings. The largest absolute Gasteiger partial charge is 0.508 e. The van der Waals surface area contributed by atoms with Gasteiger partial charge in [0.25, 0.3) is 0 Å². The minimum atomic E-state index is -0.776. The summed E-state index contributed by atoms with van der Waals surface area (Å²) in [5.41, 5.74) is 0.702. The average Bonchev–Trinajstić information content (AvgIpc) is 2.99. The van der Waals surface area contributed by atoms with Gasteiger partial charge in [-0.3, -0.25) is 4.79 Å². The van der Waals surface area contributed by atoms with Gasteiger partial charge < -0.3 is 20.4 Å². The quantitative estimate of drug-likeness (QED) is 0.741. The third-order valence-electron chi connectivity index (χ3n) is 3.94. The number of aliphatic hydroxyl groups is 1. The van der Waals surface area contributed by atoms with Gasteiger partial charge in [-0.15, -0.1) is 0 Å². The lowest BCUT2D eigenvalue weighted by Crippen LogP contribution is -2.46. The molecule has 5 heteroatoms. The van der Waals surface area contributed by atoms with Crippen molar-refractivity contribution in [3.8, 4) is 5.75 Å². The highest BCUT2D eigenvalue weighted by Crippen LogP contribution is 2.21. The number of nitrogens with zero attached hydrogens (tertiary/aromatic N) is 1. The van der Waals surface area contributed by atoms with Gasteiger partial charge in [-0.2, -0.15) is 0 Å². The predicted molar refractivity (Wildman–Crippen MR) is 81.0 cm³/mol. The first-order chi connectivity index (χ1) is 10.1. The number of hydrogen-bond donors (Lipinski definition) is 3. The van der Waals surface area contributed by atoms with Crippen LogP contribution in [0, 0.1) is 0 Å². The average molecular weight is 292 g/mol. The van der Waals surface area contributed by atoms with Gasteiger partial charge in [0.2, 0.25) is 5.91 Å². The molecule has 2 atom stereocenters. The first kappa shape index (κ1) is 15.8. The van der Waals surface area contributed by atoms with Crippen molar-refractivity contribution >= 4 is 5.91 Å². The van der Waals surface area contributed by atoms with Gasteiger partial charge in [0.05, 0.1) is 6.04 Å². The molecule has 2 unspecified atom stereocenters. The molecule has 0 aromatic heterocycles. The SMILES string of the molecule is CCC(=O)NC(CN1CCCC1)C(O)c1ccc(O)cc1. The van der Waals surface area contributed by atoms with Crippen molar-refractivity contribution in [3.05, 3.63) is 29.8 Å². The molecule has 2 rings (SSSR count). The van der Waals surface area contributed by atoms with E-state index in [2.05, 4.69) is 10.2 Å². The summed E-state index contributed by atoms with van der Waals surface area (Å²) >= 11 is 0. The number of aromatic hydroxyl groups is 1. The fourth-order valence-electron chi connectivity index (χ4n) is 2.68. The maximum absolute atomic E-state index is 11.7. The summed E-state index contributed by atoms with van der Waals surface area (Å²) in [7, 11) is 0. The summed E-state index contributed by atoms with van der Waals surface area (Å²) in [5, 5.41) is 22.8. The fourth-order valence-corrected chi connectivity index (χ4v) is 2.68. The van der Waals surface area contributed by atoms with Crippen LogP contribution in [0.5, 0.6) is 5.75 Å². The van der Waals surface area contributed by atoms with E-state index in [-0.39, 0.29) is 17.7 Å². The van der Waals surface area contributed by atoms with E-state index in [1.807, 2.05) is 0 Å². The van der Waals surface area contributed by atoms with Crippen molar-refractivity contribution in [2.24, 2.45) is 0 Å². The van der Waals surface area contributed by atoms with Crippen LogP contribution >= 0.6 is 0 Å². The van der Waals surface area contributed by atoms with Gasteiger partial charge in [0, 0.05) is 13.0 Å². The summed E-state index contributed by atoms with van der Waals surface area (Å²) in [6.45, 7) is 4.48. The van der Waals surface area contributed by atoms with Gasteiger partial charge in [-0.1, -0.05) is 19.1 Å². The summed E-state index contributed by atoms with van der Waals surface area (Å²) < 4.78 is 0. The normalized spacial score (nSPS) is 18.4. The number of hydrogen-bond acceptors (Lipinski definition) is 4. The van der Waals surface area contributed by atoms with Crippen molar-refractivity contribution in [1.29, 1.82) is 0 Å². The Balaban J connectivity index is 2.08. The van der Waals surface area contributed by atoms with Gasteiger partial charge in [-0.25, -0.2) is 0 Å². The van der Waals surface area contributed by atoms with Gasteiger partial charge in [-0.05, 0) is 43.6 Å². The first-order valence-electron chi connectivity index (χ1n) is 7.59. The number of phenols is 1. The van der Waals surface area contributed by atoms with E-state index in [4.69, 9.17) is 0 Å². The zero-order valence-corrected chi connectivity index (χ0v) is 12.5. The van der Waals surface area contributed by atoms with Crippen LogP contribution in [-0.2, 0) is 4.79 Å². The van der Waals surface area contributed by atoms with E-state index >= 15 is 0 Å². The van der Waals surface area contributed by atoms with E-state index in [9.17, 15) is 15.0 Å². The minimum absolute atomic E-state index is 0.0583. The van der Waals surface area contributed by atoms with Crippen LogP contribution in [-0.4, -0.2) is 46.7 Å². The molecule has 21 heavy (non-hydrogen) atoms. The number of amides is 1. The molecule has 1 heterocycles. The highest BCUT2D eigenvalue weighted by atomic mass is 16.3. The lowest BCUT2D eigenvalue weighted by atomic mass is 10.0. The van der Waals surface area contributed by atoms with Crippen molar-refractivity contribution < 1.29 is 15.0 Å². The molecule has 1 aromatic carbocycles. The third-order valence-corrected chi connectivity index (χ3v) is 3.94. The van der Waals surface area contributed by atoms with E-state index in [0.717, 1.165) is 13.1 Å². The smallest absolute Gasteiger partial charge is 0.220 e. The molecule has 1 amide bonds. The summed E-state index contributed by atoms with van der Waals surface area (Å²) in [6.07, 6.45) is 1.97. The Morgan fingerprint density at radius 2 is 1.90 bits per heavy atom. The van der Waals surface area contributed by atoms with E-state index in [0.29, 0.717) is 18.5 Å². The van der Waals surface area contributed by atoms with Crippen molar-refractivity contribution in [2.75, 3.05) is 19.6 Å². The van der Waals surface area contributed by atoms with Crippen LogP contribution in [0.3, 0.4) is 0 Å². The van der Waals surface area contributed by atoms with Crippen LogP contribution in [0.15, 0.2) is 24.3 Å².